The third-order valence-electron chi connectivity index (χ3n) is 8.79. The van der Waals surface area contributed by atoms with E-state index in [2.05, 4.69) is 10.2 Å². The highest BCUT2D eigenvalue weighted by molar-refractivity contribution is 6.52. The molecule has 1 saturated heterocycles. The molecule has 7 rings (SSSR count). The molecule has 0 radical (unpaired) electrons. The second kappa shape index (κ2) is 13.7. The highest BCUT2D eigenvalue weighted by atomic mass is 16.7. The zero-order chi connectivity index (χ0) is 33.9. The van der Waals surface area contributed by atoms with E-state index in [0.29, 0.717) is 53.0 Å². The molecule has 1 fully saturated rings. The standard InChI is InChI=1S/C37H34N4O8/c1-46-28-13-6-24(7-14-28)21-41(33(42)22-40-30-5-3-2-4-29(30)35(43)37(40)45)34(25-8-15-31-32(20-25)49-23-48-31)36(44)38-26-9-11-27(12-10-26)39-16-18-47-19-17-39/h2-15,20,34H,16-19,21-23H2,1H3,(H,38,44). The summed E-state index contributed by atoms with van der Waals surface area (Å²) in [7, 11) is 1.56. The second-order valence-corrected chi connectivity index (χ2v) is 11.8. The molecule has 49 heavy (non-hydrogen) atoms. The Morgan fingerprint density at radius 1 is 0.898 bits per heavy atom. The maximum Gasteiger partial charge on any atom is 0.299 e. The topological polar surface area (TPSA) is 127 Å². The van der Waals surface area contributed by atoms with Crippen LogP contribution in [0.25, 0.3) is 0 Å². The van der Waals surface area contributed by atoms with Gasteiger partial charge in [-0.3, -0.25) is 24.1 Å². The molecule has 12 nitrogen and oxygen atoms in total. The van der Waals surface area contributed by atoms with Gasteiger partial charge in [0.15, 0.2) is 11.5 Å². The lowest BCUT2D eigenvalue weighted by Crippen LogP contribution is -2.46. The van der Waals surface area contributed by atoms with Gasteiger partial charge in [-0.2, -0.15) is 0 Å². The summed E-state index contributed by atoms with van der Waals surface area (Å²) < 4.78 is 21.9. The molecule has 0 aliphatic carbocycles. The largest absolute Gasteiger partial charge is 0.497 e. The van der Waals surface area contributed by atoms with Crippen LogP contribution in [0.1, 0.15) is 27.5 Å². The highest BCUT2D eigenvalue weighted by Gasteiger charge is 2.40. The first kappa shape index (κ1) is 31.7. The van der Waals surface area contributed by atoms with Crippen LogP contribution in [0.4, 0.5) is 17.1 Å². The lowest BCUT2D eigenvalue weighted by Gasteiger charge is -2.33. The molecule has 1 N–H and O–H groups in total. The number of nitrogens with zero attached hydrogens (tertiary/aromatic N) is 3. The molecule has 1 atom stereocenters. The van der Waals surface area contributed by atoms with E-state index in [-0.39, 0.29) is 18.9 Å². The van der Waals surface area contributed by atoms with Crippen LogP contribution in [0.15, 0.2) is 91.0 Å². The Morgan fingerprint density at radius 2 is 1.63 bits per heavy atom. The van der Waals surface area contributed by atoms with E-state index < -0.39 is 36.1 Å². The molecular weight excluding hydrogens is 628 g/mol. The predicted octanol–water partition coefficient (Wildman–Crippen LogP) is 4.20. The van der Waals surface area contributed by atoms with Crippen LogP contribution in [0.2, 0.25) is 0 Å². The molecule has 3 heterocycles. The summed E-state index contributed by atoms with van der Waals surface area (Å²) in [6.45, 7) is 2.42. The average molecular weight is 663 g/mol. The minimum Gasteiger partial charge on any atom is -0.497 e. The third-order valence-corrected chi connectivity index (χ3v) is 8.79. The van der Waals surface area contributed by atoms with Crippen LogP contribution in [-0.4, -0.2) is 75.2 Å². The Bertz CT molecular complexity index is 1890. The Labute approximate surface area is 282 Å². The van der Waals surface area contributed by atoms with Gasteiger partial charge in [0.1, 0.15) is 18.3 Å². The van der Waals surface area contributed by atoms with Crippen molar-refractivity contribution in [3.05, 3.63) is 108 Å². The number of ether oxygens (including phenoxy) is 4. The van der Waals surface area contributed by atoms with Crippen molar-refractivity contribution in [1.82, 2.24) is 4.90 Å². The smallest absolute Gasteiger partial charge is 0.299 e. The van der Waals surface area contributed by atoms with Gasteiger partial charge in [0, 0.05) is 31.0 Å². The van der Waals surface area contributed by atoms with Gasteiger partial charge >= 0.3 is 0 Å². The number of anilines is 3. The van der Waals surface area contributed by atoms with E-state index in [0.717, 1.165) is 18.8 Å². The number of para-hydroxylation sites is 1. The molecule has 0 bridgehead atoms. The molecule has 4 aromatic carbocycles. The number of morpholine rings is 1. The first-order valence-corrected chi connectivity index (χ1v) is 15.9. The number of carbonyl (C=O) groups is 4. The first-order valence-electron chi connectivity index (χ1n) is 15.9. The van der Waals surface area contributed by atoms with Crippen LogP contribution in [0.5, 0.6) is 17.2 Å². The van der Waals surface area contributed by atoms with Gasteiger partial charge < -0.3 is 34.1 Å². The van der Waals surface area contributed by atoms with Crippen molar-refractivity contribution in [2.24, 2.45) is 0 Å². The number of nitrogens with one attached hydrogen (secondary N) is 1. The van der Waals surface area contributed by atoms with E-state index in [1.807, 2.05) is 24.3 Å². The van der Waals surface area contributed by atoms with Gasteiger partial charge in [-0.05, 0) is 71.8 Å². The normalized spacial score (nSPS) is 15.5. The van der Waals surface area contributed by atoms with Gasteiger partial charge in [-0.1, -0.05) is 30.3 Å². The number of hydrogen-bond acceptors (Lipinski definition) is 9. The van der Waals surface area contributed by atoms with Gasteiger partial charge in [0.25, 0.3) is 17.6 Å². The van der Waals surface area contributed by atoms with Crippen LogP contribution in [-0.2, 0) is 25.7 Å². The van der Waals surface area contributed by atoms with E-state index in [1.54, 1.807) is 73.8 Å². The molecule has 3 aliphatic heterocycles. The molecule has 3 aliphatic rings. The molecule has 0 aromatic heterocycles. The van der Waals surface area contributed by atoms with Crippen molar-refractivity contribution >= 4 is 40.6 Å². The number of hydrogen-bond donors (Lipinski definition) is 1. The molecule has 0 saturated carbocycles. The molecule has 4 aromatic rings. The van der Waals surface area contributed by atoms with E-state index in [1.165, 1.54) is 9.80 Å². The maximum absolute atomic E-state index is 14.5. The van der Waals surface area contributed by atoms with E-state index in [4.69, 9.17) is 18.9 Å². The number of rotatable bonds is 10. The quantitative estimate of drug-likeness (QED) is 0.249. The zero-order valence-corrected chi connectivity index (χ0v) is 26.8. The number of fused-ring (bicyclic) bond motifs is 2. The minimum atomic E-state index is -1.17. The lowest BCUT2D eigenvalue weighted by atomic mass is 10.0. The summed E-state index contributed by atoms with van der Waals surface area (Å²) in [4.78, 5) is 59.6. The molecule has 1 unspecified atom stereocenters. The number of carbonyl (C=O) groups excluding carboxylic acids is 4. The highest BCUT2D eigenvalue weighted by Crippen LogP contribution is 2.37. The molecule has 12 heteroatoms. The second-order valence-electron chi connectivity index (χ2n) is 11.8. The summed E-state index contributed by atoms with van der Waals surface area (Å²) in [6, 6.07) is 25.1. The van der Waals surface area contributed by atoms with Crippen molar-refractivity contribution in [3.63, 3.8) is 0 Å². The Morgan fingerprint density at radius 3 is 2.39 bits per heavy atom. The summed E-state index contributed by atoms with van der Waals surface area (Å²) >= 11 is 0. The minimum absolute atomic E-state index is 0.00293. The van der Waals surface area contributed by atoms with Gasteiger partial charge in [-0.25, -0.2) is 0 Å². The Hall–Kier alpha value is -5.88. The van der Waals surface area contributed by atoms with Crippen LogP contribution in [0.3, 0.4) is 0 Å². The molecule has 250 valence electrons. The Balaban J connectivity index is 1.24. The van der Waals surface area contributed by atoms with Crippen molar-refractivity contribution < 1.29 is 38.1 Å². The van der Waals surface area contributed by atoms with Crippen molar-refractivity contribution in [2.45, 2.75) is 12.6 Å². The van der Waals surface area contributed by atoms with E-state index in [9.17, 15) is 19.2 Å². The molecular formula is C37H34N4O8. The summed E-state index contributed by atoms with van der Waals surface area (Å²) in [5.41, 5.74) is 3.31. The number of methoxy groups -OCH3 is 1. The number of Topliss-reactive ketones (excluding diaryl/α,β-unsaturated/α-hetero) is 1. The van der Waals surface area contributed by atoms with Crippen LogP contribution >= 0.6 is 0 Å². The van der Waals surface area contributed by atoms with Gasteiger partial charge in [-0.15, -0.1) is 0 Å². The maximum atomic E-state index is 14.5. The fraction of sp³-hybridized carbons (Fsp3) is 0.243. The summed E-state index contributed by atoms with van der Waals surface area (Å²) in [5.74, 6) is -0.925. The summed E-state index contributed by atoms with van der Waals surface area (Å²) in [6.07, 6.45) is 0. The average Bonchev–Trinajstić information content (AvgIpc) is 3.71. The predicted molar refractivity (Wildman–Crippen MR) is 180 cm³/mol. The number of ketones is 1. The monoisotopic (exact) mass is 662 g/mol. The number of benzene rings is 4. The van der Waals surface area contributed by atoms with Gasteiger partial charge in [0.05, 0.1) is 31.6 Å². The SMILES string of the molecule is COc1ccc(CN(C(=O)CN2C(=O)C(=O)c3ccccc32)C(C(=O)Nc2ccc(N3CCOCC3)cc2)c2ccc3c(c2)OCO3)cc1. The van der Waals surface area contributed by atoms with Crippen molar-refractivity contribution in [3.8, 4) is 17.2 Å². The number of amides is 3. The van der Waals surface area contributed by atoms with Crippen LogP contribution in [0, 0.1) is 0 Å². The fourth-order valence-corrected chi connectivity index (χ4v) is 6.23. The summed E-state index contributed by atoms with van der Waals surface area (Å²) in [5, 5.41) is 3.00. The lowest BCUT2D eigenvalue weighted by molar-refractivity contribution is -0.139. The van der Waals surface area contributed by atoms with E-state index >= 15 is 0 Å². The molecule has 3 amide bonds. The fourth-order valence-electron chi connectivity index (χ4n) is 6.23. The zero-order valence-electron chi connectivity index (χ0n) is 26.8. The first-order chi connectivity index (χ1) is 23.9. The van der Waals surface area contributed by atoms with Crippen molar-refractivity contribution in [2.75, 3.05) is 61.9 Å². The van der Waals surface area contributed by atoms with Gasteiger partial charge in [0.2, 0.25) is 12.7 Å². The van der Waals surface area contributed by atoms with Crippen molar-refractivity contribution in [1.29, 1.82) is 0 Å². The van der Waals surface area contributed by atoms with Crippen LogP contribution < -0.4 is 29.3 Å². The third kappa shape index (κ3) is 6.50. The Kier molecular flexibility index (Phi) is 8.86. The molecule has 0 spiro atoms.